The number of hydrogen-bond donors (Lipinski definition) is 1. The Labute approximate surface area is 153 Å². The van der Waals surface area contributed by atoms with Gasteiger partial charge in [-0.25, -0.2) is 8.42 Å². The molecule has 0 aliphatic carbocycles. The first kappa shape index (κ1) is 18.0. The lowest BCUT2D eigenvalue weighted by atomic mass is 10.3. The number of anilines is 2. The van der Waals surface area contributed by atoms with Crippen LogP contribution in [0.2, 0.25) is 5.02 Å². The zero-order valence-corrected chi connectivity index (χ0v) is 15.9. The lowest BCUT2D eigenvalue weighted by molar-refractivity contribution is -0.114. The molecule has 0 saturated carbocycles. The molecule has 0 aromatic heterocycles. The van der Waals surface area contributed by atoms with Gasteiger partial charge in [-0.3, -0.25) is 9.10 Å². The molecule has 0 aliphatic rings. The first-order valence-corrected chi connectivity index (χ1v) is 9.85. The van der Waals surface area contributed by atoms with Crippen LogP contribution in [0.4, 0.5) is 11.4 Å². The van der Waals surface area contributed by atoms with E-state index in [4.69, 9.17) is 11.6 Å². The predicted molar refractivity (Wildman–Crippen MR) is 101 cm³/mol. The smallest absolute Gasteiger partial charge is 0.245 e. The number of halogens is 2. The Morgan fingerprint density at radius 2 is 1.91 bits per heavy atom. The summed E-state index contributed by atoms with van der Waals surface area (Å²) in [6, 6.07) is 13.6. The van der Waals surface area contributed by atoms with Crippen LogP contribution < -0.4 is 9.62 Å². The second-order valence-electron chi connectivity index (χ2n) is 4.81. The number of amides is 1. The maximum atomic E-state index is 12.2. The van der Waals surface area contributed by atoms with Crippen molar-refractivity contribution >= 4 is 61.5 Å². The highest BCUT2D eigenvalue weighted by molar-refractivity contribution is 14.1. The summed E-state index contributed by atoms with van der Waals surface area (Å²) in [5.74, 6) is -0.433. The van der Waals surface area contributed by atoms with Gasteiger partial charge >= 0.3 is 0 Å². The Morgan fingerprint density at radius 1 is 1.22 bits per heavy atom. The van der Waals surface area contributed by atoms with Crippen LogP contribution in [0.1, 0.15) is 0 Å². The summed E-state index contributed by atoms with van der Waals surface area (Å²) in [6.45, 7) is -0.329. The molecule has 1 N–H and O–H groups in total. The molecule has 1 amide bonds. The second kappa shape index (κ2) is 7.50. The number of nitrogens with one attached hydrogen (secondary N) is 1. The van der Waals surface area contributed by atoms with Crippen molar-refractivity contribution in [3.05, 3.63) is 57.1 Å². The minimum atomic E-state index is -3.62. The summed E-state index contributed by atoms with van der Waals surface area (Å²) in [6.07, 6.45) is 1.05. The van der Waals surface area contributed by atoms with Gasteiger partial charge in [-0.2, -0.15) is 0 Å². The van der Waals surface area contributed by atoms with Crippen LogP contribution in [-0.4, -0.2) is 27.1 Å². The third-order valence-corrected chi connectivity index (χ3v) is 4.94. The van der Waals surface area contributed by atoms with Gasteiger partial charge in [0.05, 0.1) is 11.9 Å². The van der Waals surface area contributed by atoms with Crippen LogP contribution in [0.5, 0.6) is 0 Å². The predicted octanol–water partition coefficient (Wildman–Crippen LogP) is 3.35. The van der Waals surface area contributed by atoms with Crippen molar-refractivity contribution in [1.82, 2.24) is 0 Å². The standard InChI is InChI=1S/C15H14ClIN2O3S/c1-23(21,22)19(14-7-2-4-11(16)8-14)10-15(20)18-13-6-3-5-12(17)9-13/h2-9H,10H2,1H3,(H,18,20). The Morgan fingerprint density at radius 3 is 2.52 bits per heavy atom. The molecule has 2 rings (SSSR count). The fourth-order valence-electron chi connectivity index (χ4n) is 1.93. The van der Waals surface area contributed by atoms with Crippen molar-refractivity contribution < 1.29 is 13.2 Å². The van der Waals surface area contributed by atoms with Crippen molar-refractivity contribution in [2.24, 2.45) is 0 Å². The van der Waals surface area contributed by atoms with Crippen molar-refractivity contribution in [1.29, 1.82) is 0 Å². The van der Waals surface area contributed by atoms with E-state index in [-0.39, 0.29) is 6.54 Å². The molecule has 2 aromatic rings. The molecule has 0 radical (unpaired) electrons. The fourth-order valence-corrected chi connectivity index (χ4v) is 3.50. The SMILES string of the molecule is CS(=O)(=O)N(CC(=O)Nc1cccc(I)c1)c1cccc(Cl)c1. The molecule has 122 valence electrons. The Kier molecular flexibility index (Phi) is 5.88. The highest BCUT2D eigenvalue weighted by Gasteiger charge is 2.21. The summed E-state index contributed by atoms with van der Waals surface area (Å²) >= 11 is 8.03. The fraction of sp³-hybridized carbons (Fsp3) is 0.133. The molecular formula is C15H14ClIN2O3S. The van der Waals surface area contributed by atoms with Crippen LogP contribution in [0.15, 0.2) is 48.5 Å². The molecule has 0 saturated heterocycles. The molecule has 0 fully saturated rings. The van der Waals surface area contributed by atoms with Crippen LogP contribution in [0, 0.1) is 3.57 Å². The third-order valence-electron chi connectivity index (χ3n) is 2.89. The number of carbonyl (C=O) groups is 1. The first-order chi connectivity index (χ1) is 10.8. The first-order valence-electron chi connectivity index (χ1n) is 6.54. The summed E-state index contributed by atoms with van der Waals surface area (Å²) in [5, 5.41) is 3.08. The van der Waals surface area contributed by atoms with Gasteiger partial charge in [-0.1, -0.05) is 23.7 Å². The van der Waals surface area contributed by atoms with Crippen molar-refractivity contribution in [2.75, 3.05) is 22.4 Å². The minimum absolute atomic E-state index is 0.329. The van der Waals surface area contributed by atoms with E-state index < -0.39 is 15.9 Å². The van der Waals surface area contributed by atoms with Crippen LogP contribution >= 0.6 is 34.2 Å². The van der Waals surface area contributed by atoms with Gasteiger partial charge in [0.25, 0.3) is 0 Å². The normalized spacial score (nSPS) is 11.1. The molecule has 0 heterocycles. The van der Waals surface area contributed by atoms with Crippen LogP contribution in [0.25, 0.3) is 0 Å². The molecule has 8 heteroatoms. The molecule has 0 unspecified atom stereocenters. The number of hydrogen-bond acceptors (Lipinski definition) is 3. The Hall–Kier alpha value is -1.32. The van der Waals surface area contributed by atoms with Gasteiger partial charge < -0.3 is 5.32 Å². The van der Waals surface area contributed by atoms with Gasteiger partial charge in [0.2, 0.25) is 15.9 Å². The average molecular weight is 465 g/mol. The summed E-state index contributed by atoms with van der Waals surface area (Å²) in [4.78, 5) is 12.2. The van der Waals surface area contributed by atoms with E-state index in [9.17, 15) is 13.2 Å². The second-order valence-corrected chi connectivity index (χ2v) is 8.40. The zero-order valence-electron chi connectivity index (χ0n) is 12.2. The summed E-state index contributed by atoms with van der Waals surface area (Å²) in [7, 11) is -3.62. The van der Waals surface area contributed by atoms with E-state index in [0.29, 0.717) is 16.4 Å². The summed E-state index contributed by atoms with van der Waals surface area (Å²) < 4.78 is 26.0. The van der Waals surface area contributed by atoms with Gasteiger partial charge in [-0.05, 0) is 59.0 Å². The van der Waals surface area contributed by atoms with E-state index in [1.165, 1.54) is 6.07 Å². The monoisotopic (exact) mass is 464 g/mol. The number of benzene rings is 2. The molecule has 0 atom stereocenters. The van der Waals surface area contributed by atoms with Gasteiger partial charge in [-0.15, -0.1) is 0 Å². The quantitative estimate of drug-likeness (QED) is 0.690. The lowest BCUT2D eigenvalue weighted by Gasteiger charge is -2.22. The molecular weight excluding hydrogens is 451 g/mol. The zero-order chi connectivity index (χ0) is 17.0. The number of rotatable bonds is 5. The van der Waals surface area contributed by atoms with Crippen molar-refractivity contribution in [3.63, 3.8) is 0 Å². The average Bonchev–Trinajstić information content (AvgIpc) is 2.43. The minimum Gasteiger partial charge on any atom is -0.324 e. The maximum Gasteiger partial charge on any atom is 0.245 e. The van der Waals surface area contributed by atoms with E-state index in [1.807, 2.05) is 12.1 Å². The molecule has 0 bridgehead atoms. The molecule has 23 heavy (non-hydrogen) atoms. The maximum absolute atomic E-state index is 12.2. The van der Waals surface area contributed by atoms with Gasteiger partial charge in [0.15, 0.2) is 0 Å². The highest BCUT2D eigenvalue weighted by Crippen LogP contribution is 2.22. The van der Waals surface area contributed by atoms with E-state index in [0.717, 1.165) is 14.1 Å². The number of carbonyl (C=O) groups excluding carboxylic acids is 1. The largest absolute Gasteiger partial charge is 0.324 e. The Balaban J connectivity index is 2.20. The van der Waals surface area contributed by atoms with Gasteiger partial charge in [0, 0.05) is 14.3 Å². The van der Waals surface area contributed by atoms with Gasteiger partial charge in [0.1, 0.15) is 6.54 Å². The topological polar surface area (TPSA) is 66.5 Å². The number of sulfonamides is 1. The van der Waals surface area contributed by atoms with Crippen LogP contribution in [-0.2, 0) is 14.8 Å². The van der Waals surface area contributed by atoms with E-state index in [2.05, 4.69) is 27.9 Å². The van der Waals surface area contributed by atoms with Crippen LogP contribution in [0.3, 0.4) is 0 Å². The lowest BCUT2D eigenvalue weighted by Crippen LogP contribution is -2.37. The molecule has 2 aromatic carbocycles. The highest BCUT2D eigenvalue weighted by atomic mass is 127. The third kappa shape index (κ3) is 5.36. The summed E-state index contributed by atoms with van der Waals surface area (Å²) in [5.41, 5.74) is 0.958. The Bertz CT molecular complexity index is 827. The molecule has 5 nitrogen and oxygen atoms in total. The van der Waals surface area contributed by atoms with Crippen molar-refractivity contribution in [2.45, 2.75) is 0 Å². The van der Waals surface area contributed by atoms with Crippen molar-refractivity contribution in [3.8, 4) is 0 Å². The molecule has 0 spiro atoms. The van der Waals surface area contributed by atoms with E-state index in [1.54, 1.807) is 30.3 Å². The van der Waals surface area contributed by atoms with E-state index >= 15 is 0 Å². The number of nitrogens with zero attached hydrogens (tertiary/aromatic N) is 1. The molecule has 0 aliphatic heterocycles.